The van der Waals surface area contributed by atoms with Gasteiger partial charge in [0.2, 0.25) is 0 Å². The summed E-state index contributed by atoms with van der Waals surface area (Å²) >= 11 is 1.24. The number of aromatic nitrogens is 1. The van der Waals surface area contributed by atoms with Gasteiger partial charge in [0.1, 0.15) is 4.88 Å². The number of carbonyl (C=O) groups is 1. The molecule has 1 amide bonds. The smallest absolute Gasteiger partial charge is 0.387 e. The van der Waals surface area contributed by atoms with Crippen LogP contribution in [0.2, 0.25) is 0 Å². The summed E-state index contributed by atoms with van der Waals surface area (Å²) in [5, 5.41) is 3.35. The zero-order valence-electron chi connectivity index (χ0n) is 11.2. The van der Waals surface area contributed by atoms with Crippen LogP contribution in [0.15, 0.2) is 24.4 Å². The number of alkyl halides is 2. The summed E-state index contributed by atoms with van der Waals surface area (Å²) in [6.45, 7) is -1.20. The van der Waals surface area contributed by atoms with Crippen LogP contribution in [0, 0.1) is 6.92 Å². The van der Waals surface area contributed by atoms with Crippen LogP contribution in [0.3, 0.4) is 0 Å². The third-order valence-corrected chi connectivity index (χ3v) is 3.39. The van der Waals surface area contributed by atoms with E-state index in [4.69, 9.17) is 4.74 Å². The van der Waals surface area contributed by atoms with Gasteiger partial charge in [-0.1, -0.05) is 0 Å². The Morgan fingerprint density at radius 1 is 1.38 bits per heavy atom. The Kier molecular flexibility index (Phi) is 4.69. The number of halogens is 2. The molecule has 0 radical (unpaired) electrons. The summed E-state index contributed by atoms with van der Waals surface area (Å²) in [7, 11) is 1.34. The van der Waals surface area contributed by atoms with Crippen molar-refractivity contribution in [3.8, 4) is 11.5 Å². The predicted octanol–water partition coefficient (Wildman–Crippen LogP) is 3.31. The number of hydrogen-bond donors (Lipinski definition) is 1. The number of anilines is 1. The molecule has 2 rings (SSSR count). The van der Waals surface area contributed by atoms with Crippen molar-refractivity contribution < 1.29 is 23.0 Å². The molecule has 0 bridgehead atoms. The normalized spacial score (nSPS) is 10.5. The first kappa shape index (κ1) is 15.2. The molecule has 5 nitrogen and oxygen atoms in total. The average Bonchev–Trinajstić information content (AvgIpc) is 2.85. The standard InChI is InChI=1S/C13H12F2N2O3S/c1-7-16-6-11(21-7)12(18)17-8-3-4-9(19-2)10(5-8)20-13(14)15/h3-6,13H,1-2H3,(H,17,18). The highest BCUT2D eigenvalue weighted by Gasteiger charge is 2.14. The van der Waals surface area contributed by atoms with Gasteiger partial charge in [0.15, 0.2) is 11.5 Å². The Morgan fingerprint density at radius 2 is 2.14 bits per heavy atom. The molecule has 112 valence electrons. The number of benzene rings is 1. The van der Waals surface area contributed by atoms with Gasteiger partial charge in [-0.05, 0) is 19.1 Å². The number of nitrogens with zero attached hydrogens (tertiary/aromatic N) is 1. The highest BCUT2D eigenvalue weighted by atomic mass is 32.1. The van der Waals surface area contributed by atoms with Crippen LogP contribution in [0.25, 0.3) is 0 Å². The van der Waals surface area contributed by atoms with E-state index in [0.29, 0.717) is 10.6 Å². The van der Waals surface area contributed by atoms with Crippen LogP contribution in [-0.2, 0) is 0 Å². The molecular weight excluding hydrogens is 302 g/mol. The van der Waals surface area contributed by atoms with Gasteiger partial charge in [-0.3, -0.25) is 4.79 Å². The van der Waals surface area contributed by atoms with Gasteiger partial charge in [-0.2, -0.15) is 8.78 Å². The van der Waals surface area contributed by atoms with Gasteiger partial charge in [0, 0.05) is 11.8 Å². The van der Waals surface area contributed by atoms with Gasteiger partial charge >= 0.3 is 6.61 Å². The van der Waals surface area contributed by atoms with Crippen molar-refractivity contribution in [3.05, 3.63) is 34.3 Å². The molecule has 1 aromatic heterocycles. The van der Waals surface area contributed by atoms with Crippen LogP contribution in [-0.4, -0.2) is 24.6 Å². The quantitative estimate of drug-likeness (QED) is 0.920. The summed E-state index contributed by atoms with van der Waals surface area (Å²) in [6, 6.07) is 4.24. The summed E-state index contributed by atoms with van der Waals surface area (Å²) in [6.07, 6.45) is 1.45. The number of aryl methyl sites for hydroxylation is 1. The molecule has 0 unspecified atom stereocenters. The van der Waals surface area contributed by atoms with E-state index in [0.717, 1.165) is 5.01 Å². The number of thiazole rings is 1. The molecule has 0 spiro atoms. The monoisotopic (exact) mass is 314 g/mol. The molecule has 2 aromatic rings. The molecule has 0 aliphatic heterocycles. The van der Waals surface area contributed by atoms with Crippen molar-refractivity contribution in [2.45, 2.75) is 13.5 Å². The van der Waals surface area contributed by atoms with Crippen LogP contribution in [0.1, 0.15) is 14.7 Å². The Labute approximate surface area is 123 Å². The number of hydrogen-bond acceptors (Lipinski definition) is 5. The fraction of sp³-hybridized carbons (Fsp3) is 0.231. The molecule has 1 N–H and O–H groups in total. The molecule has 0 saturated heterocycles. The average molecular weight is 314 g/mol. The molecule has 8 heteroatoms. The number of carbonyl (C=O) groups excluding carboxylic acids is 1. The molecule has 1 aromatic carbocycles. The van der Waals surface area contributed by atoms with E-state index >= 15 is 0 Å². The number of rotatable bonds is 5. The Hall–Kier alpha value is -2.22. The minimum absolute atomic E-state index is 0.147. The van der Waals surface area contributed by atoms with Gasteiger partial charge in [0.05, 0.1) is 18.3 Å². The summed E-state index contributed by atoms with van der Waals surface area (Å²) in [5.74, 6) is -0.360. The third-order valence-electron chi connectivity index (χ3n) is 2.48. The Morgan fingerprint density at radius 3 is 2.71 bits per heavy atom. The maximum atomic E-state index is 12.3. The molecular formula is C13H12F2N2O3S. The SMILES string of the molecule is COc1ccc(NC(=O)c2cnc(C)s2)cc1OC(F)F. The lowest BCUT2D eigenvalue weighted by molar-refractivity contribution is -0.0511. The second-order valence-corrected chi connectivity index (χ2v) is 5.18. The van der Waals surface area contributed by atoms with E-state index in [1.54, 1.807) is 6.92 Å². The number of amides is 1. The van der Waals surface area contributed by atoms with Crippen molar-refractivity contribution in [2.24, 2.45) is 0 Å². The van der Waals surface area contributed by atoms with Crippen molar-refractivity contribution in [3.63, 3.8) is 0 Å². The number of ether oxygens (including phenoxy) is 2. The molecule has 0 saturated carbocycles. The lowest BCUT2D eigenvalue weighted by Crippen LogP contribution is -2.11. The largest absolute Gasteiger partial charge is 0.493 e. The van der Waals surface area contributed by atoms with Gasteiger partial charge < -0.3 is 14.8 Å². The topological polar surface area (TPSA) is 60.5 Å². The summed E-state index contributed by atoms with van der Waals surface area (Å²) in [4.78, 5) is 16.4. The van der Waals surface area contributed by atoms with Crippen molar-refractivity contribution in [2.75, 3.05) is 12.4 Å². The number of nitrogens with one attached hydrogen (secondary N) is 1. The first-order valence-electron chi connectivity index (χ1n) is 5.86. The second-order valence-electron chi connectivity index (χ2n) is 3.94. The number of methoxy groups -OCH3 is 1. The van der Waals surface area contributed by atoms with E-state index in [2.05, 4.69) is 15.0 Å². The minimum atomic E-state index is -2.98. The van der Waals surface area contributed by atoms with E-state index < -0.39 is 6.61 Å². The van der Waals surface area contributed by atoms with Crippen LogP contribution < -0.4 is 14.8 Å². The van der Waals surface area contributed by atoms with E-state index in [9.17, 15) is 13.6 Å². The third kappa shape index (κ3) is 3.88. The first-order valence-corrected chi connectivity index (χ1v) is 6.68. The summed E-state index contributed by atoms with van der Waals surface area (Å²) < 4.78 is 33.9. The first-order chi connectivity index (χ1) is 9.99. The maximum absolute atomic E-state index is 12.3. The van der Waals surface area contributed by atoms with Gasteiger partial charge in [0.25, 0.3) is 5.91 Å². The maximum Gasteiger partial charge on any atom is 0.387 e. The van der Waals surface area contributed by atoms with Crippen LogP contribution >= 0.6 is 11.3 Å². The highest BCUT2D eigenvalue weighted by Crippen LogP contribution is 2.31. The molecule has 21 heavy (non-hydrogen) atoms. The Balaban J connectivity index is 2.18. The van der Waals surface area contributed by atoms with Crippen molar-refractivity contribution >= 4 is 22.9 Å². The highest BCUT2D eigenvalue weighted by molar-refractivity contribution is 7.13. The zero-order valence-corrected chi connectivity index (χ0v) is 12.0. The zero-order chi connectivity index (χ0) is 15.4. The fourth-order valence-corrected chi connectivity index (χ4v) is 2.27. The molecule has 0 fully saturated rings. The van der Waals surface area contributed by atoms with E-state index in [1.165, 1.54) is 42.8 Å². The van der Waals surface area contributed by atoms with E-state index in [1.807, 2.05) is 0 Å². The molecule has 0 aliphatic rings. The van der Waals surface area contributed by atoms with Crippen molar-refractivity contribution in [1.82, 2.24) is 4.98 Å². The predicted molar refractivity (Wildman–Crippen MR) is 74.4 cm³/mol. The molecule has 0 atom stereocenters. The summed E-state index contributed by atoms with van der Waals surface area (Å²) in [5.41, 5.74) is 0.322. The second kappa shape index (κ2) is 6.49. The lowest BCUT2D eigenvalue weighted by Gasteiger charge is -2.11. The van der Waals surface area contributed by atoms with Gasteiger partial charge in [-0.25, -0.2) is 4.98 Å². The van der Waals surface area contributed by atoms with Gasteiger partial charge in [-0.15, -0.1) is 11.3 Å². The molecule has 0 aliphatic carbocycles. The fourth-order valence-electron chi connectivity index (χ4n) is 1.60. The Bertz CT molecular complexity index is 646. The molecule has 1 heterocycles. The van der Waals surface area contributed by atoms with Crippen LogP contribution in [0.4, 0.5) is 14.5 Å². The van der Waals surface area contributed by atoms with Crippen molar-refractivity contribution in [1.29, 1.82) is 0 Å². The lowest BCUT2D eigenvalue weighted by atomic mass is 10.2. The van der Waals surface area contributed by atoms with E-state index in [-0.39, 0.29) is 17.4 Å². The van der Waals surface area contributed by atoms with Crippen LogP contribution in [0.5, 0.6) is 11.5 Å². The minimum Gasteiger partial charge on any atom is -0.493 e.